The van der Waals surface area contributed by atoms with E-state index >= 15 is 0 Å². The minimum atomic E-state index is -4.67. The Hall–Kier alpha value is -2.42. The lowest BCUT2D eigenvalue weighted by Crippen LogP contribution is -2.27. The summed E-state index contributed by atoms with van der Waals surface area (Å²) in [5.74, 6) is -1.66. The largest absolute Gasteiger partial charge is 0.471 e. The quantitative estimate of drug-likeness (QED) is 0.895. The highest BCUT2D eigenvalue weighted by molar-refractivity contribution is 5.91. The van der Waals surface area contributed by atoms with E-state index in [1.807, 2.05) is 0 Å². The highest BCUT2D eigenvalue weighted by atomic mass is 19.4. The number of rotatable bonds is 4. The fourth-order valence-corrected chi connectivity index (χ4v) is 2.53. The molecule has 1 saturated heterocycles. The number of nitrogens with zero attached hydrogens (tertiary/aromatic N) is 2. The molecule has 0 spiro atoms. The summed E-state index contributed by atoms with van der Waals surface area (Å²) < 4.78 is 41.5. The van der Waals surface area contributed by atoms with Crippen molar-refractivity contribution in [3.8, 4) is 11.4 Å². The maximum atomic E-state index is 12.4. The molecule has 2 N–H and O–H groups in total. The fraction of sp³-hybridized carbons (Fsp3) is 0.400. The highest BCUT2D eigenvalue weighted by Crippen LogP contribution is 2.29. The molecule has 2 heterocycles. The molecule has 2 aromatic rings. The van der Waals surface area contributed by atoms with Crippen LogP contribution in [-0.2, 0) is 11.0 Å². The van der Waals surface area contributed by atoms with Gasteiger partial charge in [0, 0.05) is 23.7 Å². The van der Waals surface area contributed by atoms with E-state index in [4.69, 9.17) is 0 Å². The third kappa shape index (κ3) is 3.91. The molecule has 1 atom stereocenters. The van der Waals surface area contributed by atoms with E-state index in [0.29, 0.717) is 17.7 Å². The second kappa shape index (κ2) is 6.60. The smallest absolute Gasteiger partial charge is 0.329 e. The van der Waals surface area contributed by atoms with Crippen molar-refractivity contribution >= 4 is 11.6 Å². The zero-order chi connectivity index (χ0) is 17.2. The summed E-state index contributed by atoms with van der Waals surface area (Å²) in [6, 6.07) is 6.41. The van der Waals surface area contributed by atoms with E-state index in [2.05, 4.69) is 25.3 Å². The molecule has 3 rings (SSSR count). The van der Waals surface area contributed by atoms with Gasteiger partial charge in [-0.15, -0.1) is 0 Å². The first-order chi connectivity index (χ1) is 11.4. The number of halogens is 3. The van der Waals surface area contributed by atoms with Gasteiger partial charge in [0.2, 0.25) is 11.7 Å². The first-order valence-electron chi connectivity index (χ1n) is 7.46. The molecule has 1 aliphatic rings. The summed E-state index contributed by atoms with van der Waals surface area (Å²) in [7, 11) is 0. The minimum absolute atomic E-state index is 0.110. The van der Waals surface area contributed by atoms with E-state index in [1.54, 1.807) is 12.1 Å². The molecule has 1 fully saturated rings. The van der Waals surface area contributed by atoms with Gasteiger partial charge in [-0.25, -0.2) is 0 Å². The summed E-state index contributed by atoms with van der Waals surface area (Å²) in [5, 5.41) is 9.30. The average Bonchev–Trinajstić information content (AvgIpc) is 3.18. The van der Waals surface area contributed by atoms with E-state index in [9.17, 15) is 18.0 Å². The average molecular weight is 340 g/mol. The number of hydrogen-bond donors (Lipinski definition) is 2. The van der Waals surface area contributed by atoms with Crippen LogP contribution in [0, 0.1) is 0 Å². The highest BCUT2D eigenvalue weighted by Gasteiger charge is 2.38. The molecular formula is C15H15F3N4O2. The SMILES string of the molecule is O=C(CC1CCCN1)Nc1ccc(-c2noc(C(F)(F)F)n2)cc1. The number of alkyl halides is 3. The van der Waals surface area contributed by atoms with Crippen LogP contribution in [0.2, 0.25) is 0 Å². The van der Waals surface area contributed by atoms with Crippen LogP contribution in [0.5, 0.6) is 0 Å². The van der Waals surface area contributed by atoms with E-state index < -0.39 is 12.1 Å². The number of anilines is 1. The Morgan fingerprint density at radius 3 is 2.67 bits per heavy atom. The van der Waals surface area contributed by atoms with E-state index in [0.717, 1.165) is 19.4 Å². The zero-order valence-electron chi connectivity index (χ0n) is 12.6. The summed E-state index contributed by atoms with van der Waals surface area (Å²) in [4.78, 5) is 15.2. The number of carbonyl (C=O) groups is 1. The van der Waals surface area contributed by atoms with Crippen molar-refractivity contribution in [2.24, 2.45) is 0 Å². The molecule has 1 aromatic heterocycles. The van der Waals surface area contributed by atoms with Crippen molar-refractivity contribution in [2.75, 3.05) is 11.9 Å². The summed E-state index contributed by atoms with van der Waals surface area (Å²) in [5.41, 5.74) is 0.922. The Morgan fingerprint density at radius 2 is 2.08 bits per heavy atom. The Kier molecular flexibility index (Phi) is 4.52. The number of nitrogens with one attached hydrogen (secondary N) is 2. The van der Waals surface area contributed by atoms with Crippen LogP contribution in [0.15, 0.2) is 28.8 Å². The minimum Gasteiger partial charge on any atom is -0.329 e. The molecule has 1 amide bonds. The molecule has 0 saturated carbocycles. The summed E-state index contributed by atoms with van der Waals surface area (Å²) in [6.07, 6.45) is -2.24. The fourth-order valence-electron chi connectivity index (χ4n) is 2.53. The lowest BCUT2D eigenvalue weighted by Gasteiger charge is -2.10. The maximum absolute atomic E-state index is 12.4. The molecule has 1 aromatic carbocycles. The molecule has 1 unspecified atom stereocenters. The third-order valence-electron chi connectivity index (χ3n) is 3.69. The topological polar surface area (TPSA) is 80.0 Å². The van der Waals surface area contributed by atoms with Gasteiger partial charge in [-0.3, -0.25) is 4.79 Å². The van der Waals surface area contributed by atoms with E-state index in [1.165, 1.54) is 12.1 Å². The van der Waals surface area contributed by atoms with Gasteiger partial charge < -0.3 is 15.2 Å². The Bertz CT molecular complexity index is 706. The van der Waals surface area contributed by atoms with Crippen LogP contribution < -0.4 is 10.6 Å². The van der Waals surface area contributed by atoms with Gasteiger partial charge in [0.1, 0.15) is 0 Å². The molecule has 128 valence electrons. The maximum Gasteiger partial charge on any atom is 0.471 e. The van der Waals surface area contributed by atoms with Gasteiger partial charge in [-0.1, -0.05) is 5.16 Å². The molecule has 1 aliphatic heterocycles. The molecule has 24 heavy (non-hydrogen) atoms. The predicted molar refractivity (Wildman–Crippen MR) is 79.0 cm³/mol. The molecule has 0 radical (unpaired) electrons. The van der Waals surface area contributed by atoms with Gasteiger partial charge in [0.05, 0.1) is 0 Å². The Morgan fingerprint density at radius 1 is 1.33 bits per heavy atom. The normalized spacial score (nSPS) is 17.9. The first kappa shape index (κ1) is 16.4. The lowest BCUT2D eigenvalue weighted by molar-refractivity contribution is -0.159. The number of aromatic nitrogens is 2. The molecule has 0 bridgehead atoms. The van der Waals surface area contributed by atoms with Crippen molar-refractivity contribution in [1.29, 1.82) is 0 Å². The standard InChI is InChI=1S/C15H15F3N4O2/c16-15(17,18)14-21-13(22-24-14)9-3-5-10(6-4-9)20-12(23)8-11-2-1-7-19-11/h3-6,11,19H,1-2,7-8H2,(H,20,23). The molecule has 6 nitrogen and oxygen atoms in total. The Balaban J connectivity index is 1.62. The summed E-state index contributed by atoms with van der Waals surface area (Å²) in [6.45, 7) is 0.928. The van der Waals surface area contributed by atoms with Crippen molar-refractivity contribution in [3.63, 3.8) is 0 Å². The number of benzene rings is 1. The Labute approximate surface area is 135 Å². The number of carbonyl (C=O) groups excluding carboxylic acids is 1. The van der Waals surface area contributed by atoms with Gasteiger partial charge in [-0.2, -0.15) is 18.2 Å². The molecular weight excluding hydrogens is 325 g/mol. The third-order valence-corrected chi connectivity index (χ3v) is 3.69. The predicted octanol–water partition coefficient (Wildman–Crippen LogP) is 2.84. The van der Waals surface area contributed by atoms with Crippen molar-refractivity contribution < 1.29 is 22.5 Å². The van der Waals surface area contributed by atoms with Gasteiger partial charge in [-0.05, 0) is 43.7 Å². The van der Waals surface area contributed by atoms with Crippen LogP contribution in [0.25, 0.3) is 11.4 Å². The second-order valence-electron chi connectivity index (χ2n) is 5.54. The van der Waals surface area contributed by atoms with Gasteiger partial charge in [0.15, 0.2) is 0 Å². The van der Waals surface area contributed by atoms with Crippen LogP contribution >= 0.6 is 0 Å². The van der Waals surface area contributed by atoms with Crippen LogP contribution in [-0.4, -0.2) is 28.6 Å². The first-order valence-corrected chi connectivity index (χ1v) is 7.46. The van der Waals surface area contributed by atoms with Crippen molar-refractivity contribution in [1.82, 2.24) is 15.5 Å². The van der Waals surface area contributed by atoms with Crippen molar-refractivity contribution in [3.05, 3.63) is 30.2 Å². The molecule has 9 heteroatoms. The number of amides is 1. The van der Waals surface area contributed by atoms with E-state index in [-0.39, 0.29) is 17.8 Å². The van der Waals surface area contributed by atoms with Crippen molar-refractivity contribution in [2.45, 2.75) is 31.5 Å². The van der Waals surface area contributed by atoms with Gasteiger partial charge in [0.25, 0.3) is 0 Å². The van der Waals surface area contributed by atoms with Crippen LogP contribution in [0.3, 0.4) is 0 Å². The van der Waals surface area contributed by atoms with Crippen LogP contribution in [0.4, 0.5) is 18.9 Å². The number of hydrogen-bond acceptors (Lipinski definition) is 5. The summed E-state index contributed by atoms with van der Waals surface area (Å²) >= 11 is 0. The molecule has 0 aliphatic carbocycles. The van der Waals surface area contributed by atoms with Gasteiger partial charge >= 0.3 is 12.1 Å². The lowest BCUT2D eigenvalue weighted by atomic mass is 10.1. The van der Waals surface area contributed by atoms with Crippen LogP contribution in [0.1, 0.15) is 25.2 Å². The second-order valence-corrected chi connectivity index (χ2v) is 5.54. The zero-order valence-corrected chi connectivity index (χ0v) is 12.6. The monoisotopic (exact) mass is 340 g/mol.